The summed E-state index contributed by atoms with van der Waals surface area (Å²) in [5.41, 5.74) is 3.88. The molecule has 2 aromatic heterocycles. The van der Waals surface area contributed by atoms with Gasteiger partial charge in [0.2, 0.25) is 11.8 Å². The number of ether oxygens (including phenoxy) is 1. The zero-order valence-corrected chi connectivity index (χ0v) is 21.6. The molecule has 0 spiro atoms. The van der Waals surface area contributed by atoms with Gasteiger partial charge in [0.25, 0.3) is 0 Å². The second-order valence-electron chi connectivity index (χ2n) is 9.88. The van der Waals surface area contributed by atoms with Crippen LogP contribution in [0.15, 0.2) is 60.9 Å². The van der Waals surface area contributed by atoms with Crippen molar-refractivity contribution in [1.29, 1.82) is 0 Å². The van der Waals surface area contributed by atoms with Crippen LogP contribution in [0.4, 0.5) is 5.95 Å². The summed E-state index contributed by atoms with van der Waals surface area (Å²) in [7, 11) is 0. The van der Waals surface area contributed by atoms with Crippen LogP contribution >= 0.6 is 0 Å². The van der Waals surface area contributed by atoms with Crippen LogP contribution in [0.3, 0.4) is 0 Å². The van der Waals surface area contributed by atoms with E-state index in [1.54, 1.807) is 12.4 Å². The maximum atomic E-state index is 9.66. The lowest BCUT2D eigenvalue weighted by Crippen LogP contribution is -2.38. The molecule has 7 nitrogen and oxygen atoms in total. The molecule has 2 atom stereocenters. The summed E-state index contributed by atoms with van der Waals surface area (Å²) in [6.45, 7) is 5.87. The van der Waals surface area contributed by atoms with E-state index in [2.05, 4.69) is 57.9 Å². The maximum Gasteiger partial charge on any atom is 0.228 e. The summed E-state index contributed by atoms with van der Waals surface area (Å²) in [4.78, 5) is 13.8. The lowest BCUT2D eigenvalue weighted by Gasteiger charge is -2.23. The molecule has 7 heteroatoms. The van der Waals surface area contributed by atoms with Crippen molar-refractivity contribution < 1.29 is 9.84 Å². The Morgan fingerprint density at radius 1 is 1.08 bits per heavy atom. The number of aromatic nitrogens is 3. The van der Waals surface area contributed by atoms with Crippen LogP contribution in [0.1, 0.15) is 43.7 Å². The number of piperidine rings is 1. The quantitative estimate of drug-likeness (QED) is 0.275. The van der Waals surface area contributed by atoms with Crippen molar-refractivity contribution in [1.82, 2.24) is 20.3 Å². The molecule has 37 heavy (non-hydrogen) atoms. The average Bonchev–Trinajstić information content (AvgIpc) is 2.91. The Kier molecular flexibility index (Phi) is 7.92. The fourth-order valence-electron chi connectivity index (χ4n) is 4.95. The van der Waals surface area contributed by atoms with Crippen LogP contribution in [0, 0.1) is 6.92 Å². The number of fused-ring (bicyclic) bond motifs is 1. The molecule has 4 aromatic rings. The molecule has 5 rings (SSSR count). The van der Waals surface area contributed by atoms with E-state index >= 15 is 0 Å². The second kappa shape index (κ2) is 11.7. The number of aliphatic hydroxyl groups is 1. The molecule has 0 bridgehead atoms. The first kappa shape index (κ1) is 25.1. The van der Waals surface area contributed by atoms with E-state index in [-0.39, 0.29) is 6.10 Å². The predicted octanol–water partition coefficient (Wildman–Crippen LogP) is 5.66. The fraction of sp³-hybridized carbons (Fsp3) is 0.367. The molecule has 192 valence electrons. The number of anilines is 1. The van der Waals surface area contributed by atoms with Crippen molar-refractivity contribution in [2.24, 2.45) is 0 Å². The van der Waals surface area contributed by atoms with Gasteiger partial charge in [-0.2, -0.15) is 0 Å². The van der Waals surface area contributed by atoms with Gasteiger partial charge in [0.05, 0.1) is 17.4 Å². The molecule has 2 aromatic carbocycles. The van der Waals surface area contributed by atoms with E-state index in [9.17, 15) is 5.11 Å². The normalized spacial score (nSPS) is 16.5. The van der Waals surface area contributed by atoms with Crippen LogP contribution < -0.4 is 15.4 Å². The van der Waals surface area contributed by atoms with Crippen molar-refractivity contribution in [2.45, 2.75) is 58.1 Å². The van der Waals surface area contributed by atoms with E-state index in [0.29, 0.717) is 17.9 Å². The number of pyridine rings is 1. The summed E-state index contributed by atoms with van der Waals surface area (Å²) >= 11 is 0. The van der Waals surface area contributed by atoms with Gasteiger partial charge in [-0.15, -0.1) is 0 Å². The molecular formula is C30H35N5O2. The van der Waals surface area contributed by atoms with Gasteiger partial charge < -0.3 is 20.5 Å². The van der Waals surface area contributed by atoms with E-state index in [1.165, 1.54) is 10.9 Å². The number of hydrogen-bond acceptors (Lipinski definition) is 7. The highest BCUT2D eigenvalue weighted by Crippen LogP contribution is 2.37. The first-order valence-electron chi connectivity index (χ1n) is 13.2. The number of aliphatic hydroxyl groups excluding tert-OH is 1. The van der Waals surface area contributed by atoms with Crippen LogP contribution in [0.25, 0.3) is 22.0 Å². The third kappa shape index (κ3) is 6.06. The number of hydrogen-bond donors (Lipinski definition) is 3. The number of benzene rings is 2. The zero-order chi connectivity index (χ0) is 25.6. The van der Waals surface area contributed by atoms with Gasteiger partial charge in [-0.1, -0.05) is 30.3 Å². The summed E-state index contributed by atoms with van der Waals surface area (Å²) in [5.74, 6) is 1.93. The van der Waals surface area contributed by atoms with Crippen LogP contribution in [-0.4, -0.2) is 45.3 Å². The summed E-state index contributed by atoms with van der Waals surface area (Å²) in [6.07, 6.45) is 8.12. The zero-order valence-electron chi connectivity index (χ0n) is 21.6. The highest BCUT2D eigenvalue weighted by molar-refractivity contribution is 5.92. The molecule has 1 saturated heterocycles. The monoisotopic (exact) mass is 497 g/mol. The third-order valence-corrected chi connectivity index (χ3v) is 6.90. The Hall–Kier alpha value is -3.55. The van der Waals surface area contributed by atoms with Gasteiger partial charge in [-0.05, 0) is 87.2 Å². The minimum absolute atomic E-state index is 0.282. The average molecular weight is 498 g/mol. The Bertz CT molecular complexity index is 1350. The molecule has 0 aliphatic carbocycles. The molecule has 3 heterocycles. The van der Waals surface area contributed by atoms with Crippen molar-refractivity contribution in [2.75, 3.05) is 18.4 Å². The first-order valence-corrected chi connectivity index (χ1v) is 13.2. The Labute approximate surface area is 218 Å². The van der Waals surface area contributed by atoms with Gasteiger partial charge in [0, 0.05) is 30.4 Å². The van der Waals surface area contributed by atoms with E-state index in [4.69, 9.17) is 9.72 Å². The van der Waals surface area contributed by atoms with Gasteiger partial charge >= 0.3 is 0 Å². The van der Waals surface area contributed by atoms with E-state index < -0.39 is 0 Å². The van der Waals surface area contributed by atoms with E-state index in [1.807, 2.05) is 25.1 Å². The highest BCUT2D eigenvalue weighted by atomic mass is 16.5. The second-order valence-corrected chi connectivity index (χ2v) is 9.88. The standard InChI is InChI=1S/C30H35N5O2/c1-20-13-14-24-22(8-3-7-21(2)36)9-4-11-25(24)28(20)37-29-26(12-6-17-32-29)27-15-18-33-30(35-27)34-23-10-5-16-31-19-23/h4,6,9,11-15,17-18,21,23,31,36H,3,5,7-8,10,16,19H2,1-2H3,(H,33,34,35)/t21?,23-/m0/s1. The Morgan fingerprint density at radius 2 is 2.00 bits per heavy atom. The maximum absolute atomic E-state index is 9.66. The van der Waals surface area contributed by atoms with Crippen molar-refractivity contribution in [3.63, 3.8) is 0 Å². The minimum atomic E-state index is -0.282. The van der Waals surface area contributed by atoms with Crippen molar-refractivity contribution in [3.8, 4) is 22.9 Å². The number of rotatable bonds is 9. The predicted molar refractivity (Wildman–Crippen MR) is 148 cm³/mol. The Morgan fingerprint density at radius 3 is 2.84 bits per heavy atom. The number of aryl methyl sites for hydroxylation is 2. The molecule has 1 aliphatic heterocycles. The van der Waals surface area contributed by atoms with Gasteiger partial charge in [-0.25, -0.2) is 15.0 Å². The van der Waals surface area contributed by atoms with E-state index in [0.717, 1.165) is 73.2 Å². The Balaban J connectivity index is 1.44. The topological polar surface area (TPSA) is 92.2 Å². The van der Waals surface area contributed by atoms with Gasteiger partial charge in [0.1, 0.15) is 5.75 Å². The lowest BCUT2D eigenvalue weighted by molar-refractivity contribution is 0.182. The smallest absolute Gasteiger partial charge is 0.228 e. The first-order chi connectivity index (χ1) is 18.1. The largest absolute Gasteiger partial charge is 0.437 e. The highest BCUT2D eigenvalue weighted by Gasteiger charge is 2.17. The van der Waals surface area contributed by atoms with Crippen molar-refractivity contribution in [3.05, 3.63) is 72.1 Å². The molecule has 0 radical (unpaired) electrons. The molecular weight excluding hydrogens is 462 g/mol. The number of nitrogens with zero attached hydrogens (tertiary/aromatic N) is 3. The third-order valence-electron chi connectivity index (χ3n) is 6.90. The summed E-state index contributed by atoms with van der Waals surface area (Å²) < 4.78 is 6.55. The van der Waals surface area contributed by atoms with Crippen LogP contribution in [-0.2, 0) is 6.42 Å². The molecule has 1 unspecified atom stereocenters. The van der Waals surface area contributed by atoms with Crippen LogP contribution in [0.5, 0.6) is 11.6 Å². The minimum Gasteiger partial charge on any atom is -0.437 e. The number of nitrogens with one attached hydrogen (secondary N) is 2. The summed E-state index contributed by atoms with van der Waals surface area (Å²) in [5, 5.41) is 18.8. The molecule has 0 amide bonds. The summed E-state index contributed by atoms with van der Waals surface area (Å²) in [6, 6.07) is 16.7. The van der Waals surface area contributed by atoms with Crippen molar-refractivity contribution >= 4 is 16.7 Å². The fourth-order valence-corrected chi connectivity index (χ4v) is 4.95. The molecule has 1 aliphatic rings. The SMILES string of the molecule is Cc1ccc2c(CCCC(C)O)cccc2c1Oc1ncccc1-c1ccnc(N[C@H]2CCCNC2)n1. The van der Waals surface area contributed by atoms with Crippen LogP contribution in [0.2, 0.25) is 0 Å². The molecule has 3 N–H and O–H groups in total. The molecule has 0 saturated carbocycles. The van der Waals surface area contributed by atoms with Gasteiger partial charge in [0.15, 0.2) is 0 Å². The lowest BCUT2D eigenvalue weighted by atomic mass is 9.97. The molecule has 1 fully saturated rings. The van der Waals surface area contributed by atoms with Gasteiger partial charge in [-0.3, -0.25) is 0 Å².